The summed E-state index contributed by atoms with van der Waals surface area (Å²) in [6.45, 7) is 4.41. The maximum atomic E-state index is 12.8. The third kappa shape index (κ3) is 3.44. The van der Waals surface area contributed by atoms with Gasteiger partial charge in [0.1, 0.15) is 0 Å². The Bertz CT molecular complexity index is 744. The molecule has 0 fully saturated rings. The lowest BCUT2D eigenvalue weighted by Gasteiger charge is -2.19. The van der Waals surface area contributed by atoms with E-state index in [2.05, 4.69) is 20.9 Å². The standard InChI is InChI=1S/C15H19BrN2O2S/c1-11-6-7-14(13-5-4-9-17-15(11)13)21(19,20)18(3)10-8-12(2)16/h4-7,9,12H,8,10H2,1-3H3. The molecule has 0 saturated carbocycles. The smallest absolute Gasteiger partial charge is 0.243 e. The van der Waals surface area contributed by atoms with Gasteiger partial charge in [0.15, 0.2) is 0 Å². The van der Waals surface area contributed by atoms with Crippen molar-refractivity contribution < 1.29 is 8.42 Å². The number of halogens is 1. The summed E-state index contributed by atoms with van der Waals surface area (Å²) in [7, 11) is -1.89. The van der Waals surface area contributed by atoms with Crippen molar-refractivity contribution in [2.75, 3.05) is 13.6 Å². The van der Waals surface area contributed by atoms with Crippen molar-refractivity contribution in [2.24, 2.45) is 0 Å². The van der Waals surface area contributed by atoms with Crippen LogP contribution in [-0.4, -0.2) is 36.1 Å². The zero-order valence-corrected chi connectivity index (χ0v) is 14.8. The van der Waals surface area contributed by atoms with Gasteiger partial charge in [-0.05, 0) is 37.1 Å². The van der Waals surface area contributed by atoms with Crippen LogP contribution in [0.3, 0.4) is 0 Å². The van der Waals surface area contributed by atoms with Crippen LogP contribution in [0.25, 0.3) is 10.9 Å². The number of alkyl halides is 1. The zero-order chi connectivity index (χ0) is 15.6. The molecule has 0 radical (unpaired) electrons. The van der Waals surface area contributed by atoms with Gasteiger partial charge in [-0.15, -0.1) is 0 Å². The van der Waals surface area contributed by atoms with Crippen LogP contribution in [0.4, 0.5) is 0 Å². The number of sulfonamides is 1. The van der Waals surface area contributed by atoms with Gasteiger partial charge < -0.3 is 0 Å². The van der Waals surface area contributed by atoms with Gasteiger partial charge in [0.2, 0.25) is 10.0 Å². The van der Waals surface area contributed by atoms with E-state index in [1.54, 1.807) is 25.4 Å². The van der Waals surface area contributed by atoms with Crippen LogP contribution in [0.2, 0.25) is 0 Å². The second-order valence-electron chi connectivity index (χ2n) is 5.18. The van der Waals surface area contributed by atoms with Crippen LogP contribution in [0.15, 0.2) is 35.4 Å². The van der Waals surface area contributed by atoms with Gasteiger partial charge in [-0.25, -0.2) is 12.7 Å². The summed E-state index contributed by atoms with van der Waals surface area (Å²) in [6, 6.07) is 7.05. The molecule has 0 saturated heterocycles. The summed E-state index contributed by atoms with van der Waals surface area (Å²) in [4.78, 5) is 4.90. The van der Waals surface area contributed by atoms with Crippen molar-refractivity contribution in [1.29, 1.82) is 0 Å². The Kier molecular flexibility index (Phi) is 5.01. The first-order valence-electron chi connectivity index (χ1n) is 6.79. The van der Waals surface area contributed by atoms with E-state index in [0.717, 1.165) is 17.5 Å². The van der Waals surface area contributed by atoms with Gasteiger partial charge in [-0.3, -0.25) is 4.98 Å². The minimum absolute atomic E-state index is 0.284. The molecule has 0 aliphatic rings. The van der Waals surface area contributed by atoms with E-state index in [1.165, 1.54) is 4.31 Å². The molecule has 6 heteroatoms. The number of aromatic nitrogens is 1. The lowest BCUT2D eigenvalue weighted by molar-refractivity contribution is 0.463. The average Bonchev–Trinajstić information content (AvgIpc) is 2.45. The van der Waals surface area contributed by atoms with Gasteiger partial charge in [-0.2, -0.15) is 0 Å². The molecule has 4 nitrogen and oxygen atoms in total. The monoisotopic (exact) mass is 370 g/mol. The number of aryl methyl sites for hydroxylation is 1. The van der Waals surface area contributed by atoms with Gasteiger partial charge in [0, 0.05) is 30.0 Å². The highest BCUT2D eigenvalue weighted by Gasteiger charge is 2.23. The van der Waals surface area contributed by atoms with Gasteiger partial charge in [-0.1, -0.05) is 28.9 Å². The third-order valence-corrected chi connectivity index (χ3v) is 5.83. The first-order chi connectivity index (χ1) is 9.84. The van der Waals surface area contributed by atoms with E-state index in [9.17, 15) is 8.42 Å². The van der Waals surface area contributed by atoms with Crippen molar-refractivity contribution in [1.82, 2.24) is 9.29 Å². The Hall–Kier alpha value is -0.980. The molecule has 1 heterocycles. The fourth-order valence-electron chi connectivity index (χ4n) is 2.16. The molecule has 1 aromatic carbocycles. The molecule has 114 valence electrons. The highest BCUT2D eigenvalue weighted by Crippen LogP contribution is 2.26. The molecule has 2 rings (SSSR count). The van der Waals surface area contributed by atoms with Gasteiger partial charge >= 0.3 is 0 Å². The molecule has 1 unspecified atom stereocenters. The van der Waals surface area contributed by atoms with Crippen molar-refractivity contribution in [3.63, 3.8) is 0 Å². The van der Waals surface area contributed by atoms with Crippen LogP contribution in [0.1, 0.15) is 18.9 Å². The number of hydrogen-bond acceptors (Lipinski definition) is 3. The first-order valence-corrected chi connectivity index (χ1v) is 9.14. The molecule has 2 aromatic rings. The molecule has 0 spiro atoms. The lowest BCUT2D eigenvalue weighted by Crippen LogP contribution is -2.29. The topological polar surface area (TPSA) is 50.3 Å². The van der Waals surface area contributed by atoms with Crippen LogP contribution in [0, 0.1) is 6.92 Å². The first kappa shape index (κ1) is 16.4. The van der Waals surface area contributed by atoms with Crippen LogP contribution in [0.5, 0.6) is 0 Å². The maximum Gasteiger partial charge on any atom is 0.243 e. The maximum absolute atomic E-state index is 12.8. The molecular weight excluding hydrogens is 352 g/mol. The summed E-state index contributed by atoms with van der Waals surface area (Å²) < 4.78 is 26.9. The van der Waals surface area contributed by atoms with Crippen LogP contribution in [-0.2, 0) is 10.0 Å². The molecule has 21 heavy (non-hydrogen) atoms. The predicted octanol–water partition coefficient (Wildman–Crippen LogP) is 3.34. The fraction of sp³-hybridized carbons (Fsp3) is 0.400. The highest BCUT2D eigenvalue weighted by molar-refractivity contribution is 9.09. The molecule has 0 amide bonds. The Balaban J connectivity index is 2.48. The van der Waals surface area contributed by atoms with Crippen LogP contribution < -0.4 is 0 Å². The summed E-state index contributed by atoms with van der Waals surface area (Å²) in [5, 5.41) is 0.677. The second kappa shape index (κ2) is 6.42. The van der Waals surface area contributed by atoms with E-state index >= 15 is 0 Å². The summed E-state index contributed by atoms with van der Waals surface area (Å²) in [5.74, 6) is 0. The largest absolute Gasteiger partial charge is 0.256 e. The Labute approximate surface area is 134 Å². The van der Waals surface area contributed by atoms with Crippen LogP contribution >= 0.6 is 15.9 Å². The Morgan fingerprint density at radius 1 is 1.33 bits per heavy atom. The number of fused-ring (bicyclic) bond motifs is 1. The second-order valence-corrected chi connectivity index (χ2v) is 8.75. The average molecular weight is 371 g/mol. The SMILES string of the molecule is Cc1ccc(S(=O)(=O)N(C)CCC(C)Br)c2cccnc12. The number of benzene rings is 1. The van der Waals surface area contributed by atoms with E-state index < -0.39 is 10.0 Å². The minimum atomic E-state index is -3.51. The van der Waals surface area contributed by atoms with Crippen molar-refractivity contribution >= 4 is 36.9 Å². The molecule has 1 atom stereocenters. The summed E-state index contributed by atoms with van der Waals surface area (Å²) >= 11 is 3.44. The Morgan fingerprint density at radius 3 is 2.71 bits per heavy atom. The van der Waals surface area contributed by atoms with Gasteiger partial charge in [0.05, 0.1) is 10.4 Å². The van der Waals surface area contributed by atoms with Gasteiger partial charge in [0.25, 0.3) is 0 Å². The summed E-state index contributed by atoms with van der Waals surface area (Å²) in [5.41, 5.74) is 1.71. The molecule has 0 bridgehead atoms. The third-order valence-electron chi connectivity index (χ3n) is 3.46. The quantitative estimate of drug-likeness (QED) is 0.758. The molecule has 0 N–H and O–H groups in total. The highest BCUT2D eigenvalue weighted by atomic mass is 79.9. The fourth-order valence-corrected chi connectivity index (χ4v) is 3.73. The van der Waals surface area contributed by atoms with E-state index in [1.807, 2.05) is 26.0 Å². The van der Waals surface area contributed by atoms with Crippen molar-refractivity contribution in [3.8, 4) is 0 Å². The van der Waals surface area contributed by atoms with E-state index in [4.69, 9.17) is 0 Å². The number of pyridine rings is 1. The summed E-state index contributed by atoms with van der Waals surface area (Å²) in [6.07, 6.45) is 2.44. The Morgan fingerprint density at radius 2 is 2.05 bits per heavy atom. The van der Waals surface area contributed by atoms with Crippen molar-refractivity contribution in [2.45, 2.75) is 30.0 Å². The minimum Gasteiger partial charge on any atom is -0.256 e. The number of rotatable bonds is 5. The number of nitrogens with zero attached hydrogens (tertiary/aromatic N) is 2. The number of hydrogen-bond donors (Lipinski definition) is 0. The molecule has 1 aromatic heterocycles. The molecular formula is C15H19BrN2O2S. The van der Waals surface area contributed by atoms with Crippen molar-refractivity contribution in [3.05, 3.63) is 36.0 Å². The normalized spacial score (nSPS) is 13.8. The van der Waals surface area contributed by atoms with E-state index in [0.29, 0.717) is 16.8 Å². The zero-order valence-electron chi connectivity index (χ0n) is 12.4. The molecule has 0 aliphatic heterocycles. The van der Waals surface area contributed by atoms with E-state index in [-0.39, 0.29) is 4.83 Å². The predicted molar refractivity (Wildman–Crippen MR) is 89.3 cm³/mol. The lowest BCUT2D eigenvalue weighted by atomic mass is 10.1. The molecule has 0 aliphatic carbocycles.